The fraction of sp³-hybridized carbons (Fsp3) is 0.222. The molecule has 6 nitrogen and oxygen atoms in total. The first-order valence-corrected chi connectivity index (χ1v) is 7.54. The van der Waals surface area contributed by atoms with Gasteiger partial charge in [-0.05, 0) is 30.7 Å². The van der Waals surface area contributed by atoms with Crippen molar-refractivity contribution in [2.75, 3.05) is 19.5 Å². The Morgan fingerprint density at radius 1 is 1.00 bits per heavy atom. The lowest BCUT2D eigenvalue weighted by Gasteiger charge is -2.12. The second-order valence-corrected chi connectivity index (χ2v) is 5.37. The number of nitrogens with zero attached hydrogens (tertiary/aromatic N) is 2. The number of benzene rings is 2. The quantitative estimate of drug-likeness (QED) is 0.748. The van der Waals surface area contributed by atoms with Crippen LogP contribution in [0.2, 0.25) is 0 Å². The molecule has 0 aliphatic rings. The van der Waals surface area contributed by atoms with E-state index in [0.717, 1.165) is 22.2 Å². The molecule has 124 valence electrons. The Morgan fingerprint density at radius 3 is 2.29 bits per heavy atom. The molecule has 1 heterocycles. The van der Waals surface area contributed by atoms with Crippen LogP contribution in [-0.4, -0.2) is 29.3 Å². The number of hydrogen-bond acceptors (Lipinski definition) is 6. The first kappa shape index (κ1) is 16.0. The lowest BCUT2D eigenvalue weighted by Crippen LogP contribution is -1.98. The van der Waals surface area contributed by atoms with Crippen LogP contribution >= 0.6 is 0 Å². The Kier molecular flexibility index (Phi) is 4.48. The van der Waals surface area contributed by atoms with E-state index in [1.54, 1.807) is 21.1 Å². The van der Waals surface area contributed by atoms with Gasteiger partial charge in [0.15, 0.2) is 11.5 Å². The number of nitrogens with one attached hydrogen (secondary N) is 1. The molecule has 0 saturated heterocycles. The predicted molar refractivity (Wildman–Crippen MR) is 93.0 cm³/mol. The number of aromatic nitrogens is 2. The maximum absolute atomic E-state index is 9.59. The highest BCUT2D eigenvalue weighted by Gasteiger charge is 2.11. The second kappa shape index (κ2) is 6.72. The molecule has 2 aromatic carbocycles. The Balaban J connectivity index is 1.99. The molecular weight excluding hydrogens is 306 g/mol. The van der Waals surface area contributed by atoms with Crippen LogP contribution < -0.4 is 14.8 Å². The topological polar surface area (TPSA) is 76.5 Å². The Morgan fingerprint density at radius 2 is 1.67 bits per heavy atom. The standard InChI is InChI=1S/C18H19N3O3/c1-11(22)12-4-6-13(7-5-12)21-18-14-8-16(23-2)17(24-3)9-15(14)19-10-20-18/h4-11,22H,1-3H3,(H,19,20,21). The van der Waals surface area contributed by atoms with Crippen LogP contribution in [-0.2, 0) is 0 Å². The van der Waals surface area contributed by atoms with Crippen molar-refractivity contribution in [3.63, 3.8) is 0 Å². The SMILES string of the molecule is COc1cc2ncnc(Nc3ccc(C(C)O)cc3)c2cc1OC. The molecule has 0 aliphatic heterocycles. The molecule has 0 fully saturated rings. The molecule has 3 rings (SSSR count). The van der Waals surface area contributed by atoms with Crippen LogP contribution in [0.25, 0.3) is 10.9 Å². The molecule has 6 heteroatoms. The first-order valence-electron chi connectivity index (χ1n) is 7.54. The lowest BCUT2D eigenvalue weighted by atomic mass is 10.1. The highest BCUT2D eigenvalue weighted by atomic mass is 16.5. The van der Waals surface area contributed by atoms with Gasteiger partial charge in [-0.1, -0.05) is 12.1 Å². The number of anilines is 2. The molecule has 24 heavy (non-hydrogen) atoms. The number of hydrogen-bond donors (Lipinski definition) is 2. The van der Waals surface area contributed by atoms with Crippen molar-refractivity contribution < 1.29 is 14.6 Å². The van der Waals surface area contributed by atoms with E-state index in [1.165, 1.54) is 6.33 Å². The molecule has 1 atom stereocenters. The van der Waals surface area contributed by atoms with Gasteiger partial charge in [0.25, 0.3) is 0 Å². The maximum atomic E-state index is 9.59. The lowest BCUT2D eigenvalue weighted by molar-refractivity contribution is 0.199. The highest BCUT2D eigenvalue weighted by Crippen LogP contribution is 2.34. The van der Waals surface area contributed by atoms with E-state index in [1.807, 2.05) is 36.4 Å². The second-order valence-electron chi connectivity index (χ2n) is 5.37. The molecule has 0 spiro atoms. The third-order valence-electron chi connectivity index (χ3n) is 3.80. The van der Waals surface area contributed by atoms with Gasteiger partial charge in [-0.15, -0.1) is 0 Å². The maximum Gasteiger partial charge on any atom is 0.162 e. The van der Waals surface area contributed by atoms with Crippen molar-refractivity contribution in [2.45, 2.75) is 13.0 Å². The van der Waals surface area contributed by atoms with E-state index in [-0.39, 0.29) is 0 Å². The summed E-state index contributed by atoms with van der Waals surface area (Å²) >= 11 is 0. The number of fused-ring (bicyclic) bond motifs is 1. The molecule has 0 saturated carbocycles. The zero-order valence-electron chi connectivity index (χ0n) is 13.8. The molecule has 1 unspecified atom stereocenters. The number of aliphatic hydroxyl groups excluding tert-OH is 1. The number of aliphatic hydroxyl groups is 1. The van der Waals surface area contributed by atoms with Gasteiger partial charge >= 0.3 is 0 Å². The van der Waals surface area contributed by atoms with Gasteiger partial charge in [0.2, 0.25) is 0 Å². The summed E-state index contributed by atoms with van der Waals surface area (Å²) in [5, 5.41) is 13.7. The minimum atomic E-state index is -0.490. The minimum Gasteiger partial charge on any atom is -0.493 e. The Labute approximate surface area is 140 Å². The predicted octanol–water partition coefficient (Wildman–Crippen LogP) is 3.44. The van der Waals surface area contributed by atoms with Gasteiger partial charge in [0, 0.05) is 17.1 Å². The molecule has 0 radical (unpaired) electrons. The summed E-state index contributed by atoms with van der Waals surface area (Å²) in [6.07, 6.45) is 1.01. The summed E-state index contributed by atoms with van der Waals surface area (Å²) in [7, 11) is 3.18. The van der Waals surface area contributed by atoms with E-state index in [4.69, 9.17) is 9.47 Å². The fourth-order valence-electron chi connectivity index (χ4n) is 2.46. The zero-order chi connectivity index (χ0) is 17.1. The highest BCUT2D eigenvalue weighted by molar-refractivity contribution is 5.93. The van der Waals surface area contributed by atoms with E-state index in [9.17, 15) is 5.11 Å². The average molecular weight is 325 g/mol. The Bertz CT molecular complexity index is 848. The van der Waals surface area contributed by atoms with Gasteiger partial charge in [-0.25, -0.2) is 9.97 Å². The molecule has 2 N–H and O–H groups in total. The molecule has 0 bridgehead atoms. The molecular formula is C18H19N3O3. The molecule has 1 aromatic heterocycles. The van der Waals surface area contributed by atoms with E-state index < -0.39 is 6.10 Å². The van der Waals surface area contributed by atoms with Gasteiger partial charge in [0.05, 0.1) is 25.8 Å². The third kappa shape index (κ3) is 3.09. The van der Waals surface area contributed by atoms with Gasteiger partial charge in [-0.3, -0.25) is 0 Å². The van der Waals surface area contributed by atoms with Crippen LogP contribution in [0.4, 0.5) is 11.5 Å². The van der Waals surface area contributed by atoms with Crippen LogP contribution in [0.5, 0.6) is 11.5 Å². The normalized spacial score (nSPS) is 12.0. The monoisotopic (exact) mass is 325 g/mol. The summed E-state index contributed by atoms with van der Waals surface area (Å²) in [5.41, 5.74) is 2.49. The summed E-state index contributed by atoms with van der Waals surface area (Å²) < 4.78 is 10.7. The number of ether oxygens (including phenoxy) is 2. The van der Waals surface area contributed by atoms with Crippen molar-refractivity contribution in [3.05, 3.63) is 48.3 Å². The molecule has 0 aliphatic carbocycles. The smallest absolute Gasteiger partial charge is 0.162 e. The summed E-state index contributed by atoms with van der Waals surface area (Å²) in [6.45, 7) is 1.74. The largest absolute Gasteiger partial charge is 0.493 e. The van der Waals surface area contributed by atoms with Gasteiger partial charge in [0.1, 0.15) is 12.1 Å². The van der Waals surface area contributed by atoms with Crippen LogP contribution in [0.3, 0.4) is 0 Å². The van der Waals surface area contributed by atoms with Crippen molar-refractivity contribution >= 4 is 22.4 Å². The number of rotatable bonds is 5. The van der Waals surface area contributed by atoms with Crippen molar-refractivity contribution in [1.29, 1.82) is 0 Å². The zero-order valence-corrected chi connectivity index (χ0v) is 13.8. The van der Waals surface area contributed by atoms with Crippen LogP contribution in [0.1, 0.15) is 18.6 Å². The van der Waals surface area contributed by atoms with Gasteiger partial charge < -0.3 is 19.9 Å². The minimum absolute atomic E-state index is 0.490. The van der Waals surface area contributed by atoms with Gasteiger partial charge in [-0.2, -0.15) is 0 Å². The fourth-order valence-corrected chi connectivity index (χ4v) is 2.46. The summed E-state index contributed by atoms with van der Waals surface area (Å²) in [6, 6.07) is 11.2. The molecule has 0 amide bonds. The first-order chi connectivity index (χ1) is 11.6. The van der Waals surface area contributed by atoms with Crippen molar-refractivity contribution in [1.82, 2.24) is 9.97 Å². The third-order valence-corrected chi connectivity index (χ3v) is 3.80. The van der Waals surface area contributed by atoms with Crippen molar-refractivity contribution in [3.8, 4) is 11.5 Å². The number of methoxy groups -OCH3 is 2. The Hall–Kier alpha value is -2.86. The van der Waals surface area contributed by atoms with Crippen molar-refractivity contribution in [2.24, 2.45) is 0 Å². The van der Waals surface area contributed by atoms with E-state index in [0.29, 0.717) is 17.3 Å². The van der Waals surface area contributed by atoms with Crippen LogP contribution in [0, 0.1) is 0 Å². The van der Waals surface area contributed by atoms with E-state index >= 15 is 0 Å². The average Bonchev–Trinajstić information content (AvgIpc) is 2.61. The summed E-state index contributed by atoms with van der Waals surface area (Å²) in [4.78, 5) is 8.61. The van der Waals surface area contributed by atoms with Crippen LogP contribution in [0.15, 0.2) is 42.7 Å². The summed E-state index contributed by atoms with van der Waals surface area (Å²) in [5.74, 6) is 1.91. The molecule has 3 aromatic rings. The van der Waals surface area contributed by atoms with E-state index in [2.05, 4.69) is 15.3 Å².